The van der Waals surface area contributed by atoms with Gasteiger partial charge in [0.15, 0.2) is 5.78 Å². The summed E-state index contributed by atoms with van der Waals surface area (Å²) >= 11 is 0. The number of hydrogen-bond donors (Lipinski definition) is 2. The maximum Gasteiger partial charge on any atom is 0.163 e. The van der Waals surface area contributed by atoms with Crippen molar-refractivity contribution in [2.75, 3.05) is 32.5 Å². The summed E-state index contributed by atoms with van der Waals surface area (Å²) in [7, 11) is 4.10. The second-order valence-electron chi connectivity index (χ2n) is 6.97. The predicted octanol–water partition coefficient (Wildman–Crippen LogP) is 4.17. The number of Topliss-reactive ketones (excluding diaryl/α,β-unsaturated/α-hetero) is 1. The minimum Gasteiger partial charge on any atom is -0.508 e. The zero-order valence-corrected chi connectivity index (χ0v) is 16.0. The summed E-state index contributed by atoms with van der Waals surface area (Å²) in [4.78, 5) is 18.7. The Morgan fingerprint density at radius 2 is 1.81 bits per heavy atom. The van der Waals surface area contributed by atoms with E-state index in [1.165, 1.54) is 0 Å². The van der Waals surface area contributed by atoms with E-state index in [1.807, 2.05) is 38.4 Å². The van der Waals surface area contributed by atoms with Gasteiger partial charge in [-0.25, -0.2) is 0 Å². The second-order valence-corrected chi connectivity index (χ2v) is 6.97. The highest BCUT2D eigenvalue weighted by molar-refractivity contribution is 6.07. The Balaban J connectivity index is 2.02. The van der Waals surface area contributed by atoms with E-state index in [0.29, 0.717) is 5.56 Å². The highest BCUT2D eigenvalue weighted by Gasteiger charge is 2.13. The van der Waals surface area contributed by atoms with Crippen LogP contribution < -0.4 is 5.32 Å². The summed E-state index contributed by atoms with van der Waals surface area (Å²) in [6.45, 7) is 3.32. The normalized spacial score (nSPS) is 11.1. The topological polar surface area (TPSA) is 65.5 Å². The van der Waals surface area contributed by atoms with Crippen LogP contribution in [0.1, 0.15) is 23.7 Å². The molecule has 2 aromatic carbocycles. The van der Waals surface area contributed by atoms with Gasteiger partial charge in [0.05, 0.1) is 16.8 Å². The van der Waals surface area contributed by atoms with Crippen molar-refractivity contribution >= 4 is 22.4 Å². The number of benzene rings is 2. The van der Waals surface area contributed by atoms with E-state index in [2.05, 4.69) is 21.3 Å². The molecule has 0 radical (unpaired) electrons. The molecule has 5 heteroatoms. The van der Waals surface area contributed by atoms with E-state index < -0.39 is 0 Å². The lowest BCUT2D eigenvalue weighted by molar-refractivity contribution is 0.101. The van der Waals surface area contributed by atoms with E-state index in [0.717, 1.165) is 47.2 Å². The van der Waals surface area contributed by atoms with Crippen molar-refractivity contribution in [3.63, 3.8) is 0 Å². The van der Waals surface area contributed by atoms with E-state index in [4.69, 9.17) is 0 Å². The van der Waals surface area contributed by atoms with Crippen molar-refractivity contribution in [1.29, 1.82) is 0 Å². The number of fused-ring (bicyclic) bond motifs is 1. The zero-order chi connectivity index (χ0) is 19.4. The lowest BCUT2D eigenvalue weighted by atomic mass is 10.00. The molecule has 3 aromatic rings. The number of hydrogen-bond acceptors (Lipinski definition) is 5. The van der Waals surface area contributed by atoms with Crippen LogP contribution in [0, 0.1) is 0 Å². The first-order valence-electron chi connectivity index (χ1n) is 9.07. The van der Waals surface area contributed by atoms with Gasteiger partial charge in [-0.2, -0.15) is 0 Å². The number of nitrogens with zero attached hydrogens (tertiary/aromatic N) is 2. The first-order chi connectivity index (χ1) is 13.0. The van der Waals surface area contributed by atoms with Crippen molar-refractivity contribution in [3.8, 4) is 16.9 Å². The first kappa shape index (κ1) is 18.9. The van der Waals surface area contributed by atoms with Gasteiger partial charge in [0.25, 0.3) is 0 Å². The number of carbonyl (C=O) groups excluding carboxylic acids is 1. The monoisotopic (exact) mass is 363 g/mol. The molecule has 27 heavy (non-hydrogen) atoms. The molecule has 0 fully saturated rings. The molecule has 0 saturated heterocycles. The van der Waals surface area contributed by atoms with Gasteiger partial charge < -0.3 is 15.3 Å². The second kappa shape index (κ2) is 8.18. The Morgan fingerprint density at radius 3 is 2.48 bits per heavy atom. The summed E-state index contributed by atoms with van der Waals surface area (Å²) in [6.07, 6.45) is 2.63. The van der Waals surface area contributed by atoms with Gasteiger partial charge in [0.1, 0.15) is 5.75 Å². The maximum absolute atomic E-state index is 12.1. The third-order valence-electron chi connectivity index (χ3n) is 4.53. The molecule has 1 heterocycles. The van der Waals surface area contributed by atoms with Crippen molar-refractivity contribution in [3.05, 3.63) is 54.2 Å². The van der Waals surface area contributed by atoms with E-state index >= 15 is 0 Å². The molecule has 0 bridgehead atoms. The van der Waals surface area contributed by atoms with Gasteiger partial charge >= 0.3 is 0 Å². The fourth-order valence-corrected chi connectivity index (χ4v) is 3.09. The molecule has 2 N–H and O–H groups in total. The third-order valence-corrected chi connectivity index (χ3v) is 4.53. The Hall–Kier alpha value is -2.92. The smallest absolute Gasteiger partial charge is 0.163 e. The van der Waals surface area contributed by atoms with Crippen LogP contribution in [0.3, 0.4) is 0 Å². The number of phenols is 1. The van der Waals surface area contributed by atoms with Crippen LogP contribution in [0.5, 0.6) is 5.75 Å². The maximum atomic E-state index is 12.1. The average Bonchev–Trinajstić information content (AvgIpc) is 2.65. The summed E-state index contributed by atoms with van der Waals surface area (Å²) < 4.78 is 0. The number of aromatic hydroxyl groups is 1. The summed E-state index contributed by atoms with van der Waals surface area (Å²) in [5, 5.41) is 13.9. The highest BCUT2D eigenvalue weighted by Crippen LogP contribution is 2.31. The average molecular weight is 363 g/mol. The standard InChI is InChI=1S/C22H25N3O2/c1-15(26)20-14-24-21-10-7-17(16-5-8-18(27)9-6-16)13-19(21)22(20)23-11-4-12-25(2)3/h5-10,13-14,27H,4,11-12H2,1-3H3,(H,23,24). The van der Waals surface area contributed by atoms with Gasteiger partial charge in [0.2, 0.25) is 0 Å². The molecule has 5 nitrogen and oxygen atoms in total. The molecular weight excluding hydrogens is 338 g/mol. The Kier molecular flexibility index (Phi) is 5.72. The van der Waals surface area contributed by atoms with Crippen LogP contribution in [-0.4, -0.2) is 48.0 Å². The van der Waals surface area contributed by atoms with Gasteiger partial charge in [-0.3, -0.25) is 9.78 Å². The van der Waals surface area contributed by atoms with Crippen molar-refractivity contribution in [1.82, 2.24) is 9.88 Å². The first-order valence-corrected chi connectivity index (χ1v) is 9.07. The molecule has 0 unspecified atom stereocenters. The largest absolute Gasteiger partial charge is 0.508 e. The van der Waals surface area contributed by atoms with E-state index in [-0.39, 0.29) is 11.5 Å². The zero-order valence-electron chi connectivity index (χ0n) is 16.0. The lowest BCUT2D eigenvalue weighted by Gasteiger charge is -2.15. The molecule has 140 valence electrons. The Bertz CT molecular complexity index is 950. The minimum absolute atomic E-state index is 0.00505. The van der Waals surface area contributed by atoms with E-state index in [1.54, 1.807) is 25.3 Å². The molecule has 1 aromatic heterocycles. The summed E-state index contributed by atoms with van der Waals surface area (Å²) in [6, 6.07) is 13.1. The summed E-state index contributed by atoms with van der Waals surface area (Å²) in [5.74, 6) is 0.234. The van der Waals surface area contributed by atoms with Crippen LogP contribution in [0.15, 0.2) is 48.7 Å². The number of phenolic OH excluding ortho intramolecular Hbond substituents is 1. The molecule has 0 aliphatic heterocycles. The quantitative estimate of drug-likeness (QED) is 0.487. The van der Waals surface area contributed by atoms with Gasteiger partial charge in [-0.15, -0.1) is 0 Å². The Morgan fingerprint density at radius 1 is 1.11 bits per heavy atom. The van der Waals surface area contributed by atoms with Crippen molar-refractivity contribution in [2.24, 2.45) is 0 Å². The van der Waals surface area contributed by atoms with Gasteiger partial charge in [-0.05, 0) is 69.4 Å². The van der Waals surface area contributed by atoms with Gasteiger partial charge in [0, 0.05) is 18.1 Å². The van der Waals surface area contributed by atoms with Crippen LogP contribution >= 0.6 is 0 Å². The molecular formula is C22H25N3O2. The number of carbonyl (C=O) groups is 1. The molecule has 0 amide bonds. The number of pyridine rings is 1. The SMILES string of the molecule is CC(=O)c1cnc2ccc(-c3ccc(O)cc3)cc2c1NCCCN(C)C. The number of aromatic nitrogens is 1. The molecule has 0 aliphatic rings. The number of rotatable bonds is 7. The molecule has 0 aliphatic carbocycles. The predicted molar refractivity (Wildman–Crippen MR) is 111 cm³/mol. The van der Waals surface area contributed by atoms with E-state index in [9.17, 15) is 9.90 Å². The van der Waals surface area contributed by atoms with Crippen LogP contribution in [-0.2, 0) is 0 Å². The molecule has 0 saturated carbocycles. The van der Waals surface area contributed by atoms with Crippen LogP contribution in [0.2, 0.25) is 0 Å². The highest BCUT2D eigenvalue weighted by atomic mass is 16.3. The van der Waals surface area contributed by atoms with Crippen molar-refractivity contribution < 1.29 is 9.90 Å². The van der Waals surface area contributed by atoms with Gasteiger partial charge in [-0.1, -0.05) is 18.2 Å². The van der Waals surface area contributed by atoms with Crippen LogP contribution in [0.4, 0.5) is 5.69 Å². The number of anilines is 1. The fraction of sp³-hybridized carbons (Fsp3) is 0.273. The minimum atomic E-state index is -0.00505. The molecule has 0 spiro atoms. The Labute approximate surface area is 159 Å². The molecule has 0 atom stereocenters. The summed E-state index contributed by atoms with van der Waals surface area (Å²) in [5.41, 5.74) is 4.31. The number of nitrogens with one attached hydrogen (secondary N) is 1. The number of ketones is 1. The van der Waals surface area contributed by atoms with Crippen molar-refractivity contribution in [2.45, 2.75) is 13.3 Å². The third kappa shape index (κ3) is 4.44. The van der Waals surface area contributed by atoms with Crippen LogP contribution in [0.25, 0.3) is 22.0 Å². The fourth-order valence-electron chi connectivity index (χ4n) is 3.09. The lowest BCUT2D eigenvalue weighted by Crippen LogP contribution is -2.17. The molecule has 3 rings (SSSR count).